The zero-order valence-corrected chi connectivity index (χ0v) is 11.1. The van der Waals surface area contributed by atoms with Crippen LogP contribution in [-0.4, -0.2) is 0 Å². The lowest BCUT2D eigenvalue weighted by molar-refractivity contribution is 0.599. The van der Waals surface area contributed by atoms with Gasteiger partial charge in [-0.3, -0.25) is 0 Å². The van der Waals surface area contributed by atoms with Crippen LogP contribution in [0, 0.1) is 26.6 Å². The number of thiophene rings is 1. The van der Waals surface area contributed by atoms with E-state index in [0.29, 0.717) is 5.56 Å². The van der Waals surface area contributed by atoms with Crippen molar-refractivity contribution in [1.29, 1.82) is 0 Å². The van der Waals surface area contributed by atoms with Gasteiger partial charge in [0.1, 0.15) is 5.82 Å². The second kappa shape index (κ2) is 4.59. The van der Waals surface area contributed by atoms with Crippen molar-refractivity contribution in [1.82, 2.24) is 0 Å². The van der Waals surface area contributed by atoms with E-state index >= 15 is 0 Å². The summed E-state index contributed by atoms with van der Waals surface area (Å²) in [6, 6.07) is 6.75. The van der Waals surface area contributed by atoms with Gasteiger partial charge in [-0.25, -0.2) is 4.39 Å². The molecule has 0 bridgehead atoms. The summed E-state index contributed by atoms with van der Waals surface area (Å²) in [7, 11) is 0. The maximum atomic E-state index is 13.8. The molecule has 1 aromatic carbocycles. The van der Waals surface area contributed by atoms with Gasteiger partial charge in [-0.15, -0.1) is 11.3 Å². The first-order valence-electron chi connectivity index (χ1n) is 5.57. The van der Waals surface area contributed by atoms with Crippen LogP contribution in [0.1, 0.15) is 32.5 Å². The van der Waals surface area contributed by atoms with Gasteiger partial charge in [0.05, 0.1) is 6.04 Å². The fraction of sp³-hybridized carbons (Fsp3) is 0.286. The molecule has 1 aromatic heterocycles. The van der Waals surface area contributed by atoms with Crippen molar-refractivity contribution in [2.24, 2.45) is 5.73 Å². The van der Waals surface area contributed by atoms with Gasteiger partial charge < -0.3 is 5.73 Å². The van der Waals surface area contributed by atoms with Gasteiger partial charge in [-0.05, 0) is 38.5 Å². The summed E-state index contributed by atoms with van der Waals surface area (Å²) in [5, 5.41) is 0. The van der Waals surface area contributed by atoms with Crippen LogP contribution in [0.4, 0.5) is 4.39 Å². The number of halogens is 1. The highest BCUT2D eigenvalue weighted by molar-refractivity contribution is 7.12. The first-order valence-corrected chi connectivity index (χ1v) is 6.39. The quantitative estimate of drug-likeness (QED) is 0.859. The highest BCUT2D eigenvalue weighted by Crippen LogP contribution is 2.30. The number of benzene rings is 1. The van der Waals surface area contributed by atoms with Gasteiger partial charge in [0.25, 0.3) is 0 Å². The first-order chi connectivity index (χ1) is 7.99. The third-order valence-electron chi connectivity index (χ3n) is 2.90. The Morgan fingerprint density at radius 3 is 2.41 bits per heavy atom. The smallest absolute Gasteiger partial charge is 0.128 e. The minimum Gasteiger partial charge on any atom is -0.320 e. The number of hydrogen-bond donors (Lipinski definition) is 1. The standard InChI is InChI=1S/C14H16FNS/c1-8-4-5-13(15)12(6-8)14(16)11-7-9(2)17-10(11)3/h4-7,14H,16H2,1-3H3. The molecule has 3 heteroatoms. The fourth-order valence-corrected chi connectivity index (χ4v) is 3.00. The van der Waals surface area contributed by atoms with Crippen LogP contribution in [0.3, 0.4) is 0 Å². The summed E-state index contributed by atoms with van der Waals surface area (Å²) in [6.07, 6.45) is 0. The molecule has 0 spiro atoms. The molecule has 2 rings (SSSR count). The molecule has 0 saturated heterocycles. The van der Waals surface area contributed by atoms with Crippen LogP contribution >= 0.6 is 11.3 Å². The van der Waals surface area contributed by atoms with Gasteiger partial charge in [0, 0.05) is 15.3 Å². The lowest BCUT2D eigenvalue weighted by atomic mass is 9.98. The molecule has 2 aromatic rings. The van der Waals surface area contributed by atoms with E-state index in [-0.39, 0.29) is 11.9 Å². The van der Waals surface area contributed by atoms with Crippen LogP contribution in [0.15, 0.2) is 24.3 Å². The van der Waals surface area contributed by atoms with Crippen molar-refractivity contribution in [3.05, 3.63) is 56.5 Å². The van der Waals surface area contributed by atoms with Crippen LogP contribution in [0.25, 0.3) is 0 Å². The maximum absolute atomic E-state index is 13.8. The summed E-state index contributed by atoms with van der Waals surface area (Å²) in [4.78, 5) is 2.37. The first kappa shape index (κ1) is 12.3. The Morgan fingerprint density at radius 2 is 1.82 bits per heavy atom. The third kappa shape index (κ3) is 2.40. The van der Waals surface area contributed by atoms with Gasteiger partial charge in [0.15, 0.2) is 0 Å². The van der Waals surface area contributed by atoms with Crippen LogP contribution in [0.5, 0.6) is 0 Å². The second-order valence-corrected chi connectivity index (χ2v) is 5.83. The van der Waals surface area contributed by atoms with E-state index in [9.17, 15) is 4.39 Å². The predicted octanol–water partition coefficient (Wildman–Crippen LogP) is 3.86. The lowest BCUT2D eigenvalue weighted by Crippen LogP contribution is -2.14. The maximum Gasteiger partial charge on any atom is 0.128 e. The minimum absolute atomic E-state index is 0.230. The monoisotopic (exact) mass is 249 g/mol. The van der Waals surface area contributed by atoms with Gasteiger partial charge >= 0.3 is 0 Å². The molecule has 0 saturated carbocycles. The minimum atomic E-state index is -0.375. The number of rotatable bonds is 2. The normalized spacial score (nSPS) is 12.8. The number of hydrogen-bond acceptors (Lipinski definition) is 2. The van der Waals surface area contributed by atoms with Crippen LogP contribution in [-0.2, 0) is 0 Å². The van der Waals surface area contributed by atoms with Crippen molar-refractivity contribution >= 4 is 11.3 Å². The summed E-state index contributed by atoms with van der Waals surface area (Å²) in [5.74, 6) is -0.230. The third-order valence-corrected chi connectivity index (χ3v) is 3.88. The molecule has 0 fully saturated rings. The molecule has 1 nitrogen and oxygen atoms in total. The molecular weight excluding hydrogens is 233 g/mol. The average Bonchev–Trinajstić information content (AvgIpc) is 2.60. The van der Waals surface area contributed by atoms with Crippen molar-refractivity contribution in [2.45, 2.75) is 26.8 Å². The SMILES string of the molecule is Cc1ccc(F)c(C(N)c2cc(C)sc2C)c1. The van der Waals surface area contributed by atoms with Gasteiger partial charge in [0.2, 0.25) is 0 Å². The van der Waals surface area contributed by atoms with E-state index in [1.54, 1.807) is 17.4 Å². The Labute approximate surface area is 105 Å². The van der Waals surface area contributed by atoms with Crippen LogP contribution < -0.4 is 5.73 Å². The Bertz CT molecular complexity index is 545. The Hall–Kier alpha value is -1.19. The van der Waals surface area contributed by atoms with Gasteiger partial charge in [-0.1, -0.05) is 17.7 Å². The van der Waals surface area contributed by atoms with E-state index in [4.69, 9.17) is 5.73 Å². The molecule has 0 aliphatic heterocycles. The molecule has 2 N–H and O–H groups in total. The largest absolute Gasteiger partial charge is 0.320 e. The van der Waals surface area contributed by atoms with Crippen molar-refractivity contribution in [3.8, 4) is 0 Å². The Balaban J connectivity index is 2.46. The van der Waals surface area contributed by atoms with E-state index < -0.39 is 0 Å². The van der Waals surface area contributed by atoms with Crippen LogP contribution in [0.2, 0.25) is 0 Å². The molecule has 1 atom stereocenters. The lowest BCUT2D eigenvalue weighted by Gasteiger charge is -2.13. The highest BCUT2D eigenvalue weighted by Gasteiger charge is 2.17. The average molecular weight is 249 g/mol. The summed E-state index contributed by atoms with van der Waals surface area (Å²) in [5.41, 5.74) is 8.80. The topological polar surface area (TPSA) is 26.0 Å². The van der Waals surface area contributed by atoms with E-state index in [2.05, 4.69) is 0 Å². The highest BCUT2D eigenvalue weighted by atomic mass is 32.1. The zero-order valence-electron chi connectivity index (χ0n) is 10.3. The molecule has 1 unspecified atom stereocenters. The number of nitrogens with two attached hydrogens (primary N) is 1. The van der Waals surface area contributed by atoms with Crippen molar-refractivity contribution < 1.29 is 4.39 Å². The molecule has 90 valence electrons. The van der Waals surface area contributed by atoms with E-state index in [0.717, 1.165) is 16.0 Å². The Kier molecular flexibility index (Phi) is 3.31. The molecule has 0 aliphatic carbocycles. The predicted molar refractivity (Wildman–Crippen MR) is 71.0 cm³/mol. The second-order valence-electron chi connectivity index (χ2n) is 4.37. The van der Waals surface area contributed by atoms with E-state index in [1.165, 1.54) is 10.9 Å². The molecule has 0 aliphatic rings. The molecular formula is C14H16FNS. The molecule has 1 heterocycles. The van der Waals surface area contributed by atoms with Crippen molar-refractivity contribution in [3.63, 3.8) is 0 Å². The summed E-state index contributed by atoms with van der Waals surface area (Å²) in [6.45, 7) is 6.02. The fourth-order valence-electron chi connectivity index (χ4n) is 2.03. The summed E-state index contributed by atoms with van der Waals surface area (Å²) >= 11 is 1.70. The molecule has 0 amide bonds. The summed E-state index contributed by atoms with van der Waals surface area (Å²) < 4.78 is 13.8. The molecule has 0 radical (unpaired) electrons. The Morgan fingerprint density at radius 1 is 1.12 bits per heavy atom. The molecule has 17 heavy (non-hydrogen) atoms. The zero-order chi connectivity index (χ0) is 12.6. The van der Waals surface area contributed by atoms with Gasteiger partial charge in [-0.2, -0.15) is 0 Å². The van der Waals surface area contributed by atoms with E-state index in [1.807, 2.05) is 32.9 Å². The number of aryl methyl sites for hydroxylation is 3. The van der Waals surface area contributed by atoms with Crippen molar-refractivity contribution in [2.75, 3.05) is 0 Å².